The highest BCUT2D eigenvalue weighted by atomic mass is 35.5. The van der Waals surface area contributed by atoms with E-state index >= 15 is 0 Å². The summed E-state index contributed by atoms with van der Waals surface area (Å²) in [5, 5.41) is 0.498. The number of allylic oxidation sites excluding steroid dienone is 2. The SMILES string of the molecule is COC(=O)C1CC=C(c2ccc(Cl)nc2)CC1. The van der Waals surface area contributed by atoms with Crippen LogP contribution in [0.3, 0.4) is 0 Å². The van der Waals surface area contributed by atoms with Crippen LogP contribution in [0.25, 0.3) is 5.57 Å². The van der Waals surface area contributed by atoms with Gasteiger partial charge in [-0.15, -0.1) is 0 Å². The van der Waals surface area contributed by atoms with Crippen molar-refractivity contribution in [2.24, 2.45) is 5.92 Å². The number of carbonyl (C=O) groups is 1. The van der Waals surface area contributed by atoms with Gasteiger partial charge in [0.1, 0.15) is 5.15 Å². The van der Waals surface area contributed by atoms with Crippen molar-refractivity contribution in [2.75, 3.05) is 7.11 Å². The molecular formula is C13H14ClNO2. The third-order valence-electron chi connectivity index (χ3n) is 3.04. The number of halogens is 1. The smallest absolute Gasteiger partial charge is 0.308 e. The van der Waals surface area contributed by atoms with Crippen LogP contribution in [0.5, 0.6) is 0 Å². The minimum absolute atomic E-state index is 0.00371. The van der Waals surface area contributed by atoms with Crippen LogP contribution < -0.4 is 0 Å². The number of hydrogen-bond donors (Lipinski definition) is 0. The average molecular weight is 252 g/mol. The lowest BCUT2D eigenvalue weighted by Crippen LogP contribution is -2.18. The van der Waals surface area contributed by atoms with E-state index in [2.05, 4.69) is 11.1 Å². The molecule has 1 aromatic heterocycles. The third-order valence-corrected chi connectivity index (χ3v) is 3.27. The first-order valence-electron chi connectivity index (χ1n) is 5.59. The molecule has 0 bridgehead atoms. The molecule has 0 N–H and O–H groups in total. The summed E-state index contributed by atoms with van der Waals surface area (Å²) < 4.78 is 4.75. The average Bonchev–Trinajstić information content (AvgIpc) is 2.39. The van der Waals surface area contributed by atoms with Crippen molar-refractivity contribution in [3.05, 3.63) is 35.1 Å². The molecular weight excluding hydrogens is 238 g/mol. The van der Waals surface area contributed by atoms with E-state index in [-0.39, 0.29) is 11.9 Å². The lowest BCUT2D eigenvalue weighted by Gasteiger charge is -2.19. The Morgan fingerprint density at radius 1 is 1.53 bits per heavy atom. The Morgan fingerprint density at radius 2 is 2.35 bits per heavy atom. The fourth-order valence-corrected chi connectivity index (χ4v) is 2.15. The Bertz CT molecular complexity index is 439. The number of aromatic nitrogens is 1. The molecule has 1 unspecified atom stereocenters. The van der Waals surface area contributed by atoms with E-state index < -0.39 is 0 Å². The van der Waals surface area contributed by atoms with Crippen molar-refractivity contribution in [3.63, 3.8) is 0 Å². The Hall–Kier alpha value is -1.35. The van der Waals surface area contributed by atoms with Crippen molar-refractivity contribution in [3.8, 4) is 0 Å². The van der Waals surface area contributed by atoms with Crippen LogP contribution >= 0.6 is 11.6 Å². The van der Waals surface area contributed by atoms with Crippen LogP contribution in [0.15, 0.2) is 24.4 Å². The van der Waals surface area contributed by atoms with Gasteiger partial charge in [0.25, 0.3) is 0 Å². The molecule has 0 saturated carbocycles. The molecule has 1 aromatic rings. The first-order chi connectivity index (χ1) is 8.20. The van der Waals surface area contributed by atoms with Crippen molar-refractivity contribution in [2.45, 2.75) is 19.3 Å². The maximum Gasteiger partial charge on any atom is 0.308 e. The summed E-state index contributed by atoms with van der Waals surface area (Å²) in [6, 6.07) is 3.74. The molecule has 4 heteroatoms. The van der Waals surface area contributed by atoms with E-state index in [4.69, 9.17) is 16.3 Å². The topological polar surface area (TPSA) is 39.2 Å². The Kier molecular flexibility index (Phi) is 3.79. The largest absolute Gasteiger partial charge is 0.469 e. The summed E-state index contributed by atoms with van der Waals surface area (Å²) in [5.41, 5.74) is 2.31. The Morgan fingerprint density at radius 3 is 2.88 bits per heavy atom. The predicted octanol–water partition coefficient (Wildman–Crippen LogP) is 3.09. The van der Waals surface area contributed by atoms with Crippen molar-refractivity contribution in [1.29, 1.82) is 0 Å². The first kappa shape index (κ1) is 12.1. The molecule has 1 atom stereocenters. The zero-order valence-corrected chi connectivity index (χ0v) is 10.4. The molecule has 0 aromatic carbocycles. The lowest BCUT2D eigenvalue weighted by molar-refractivity contribution is -0.145. The molecule has 1 aliphatic rings. The number of pyridine rings is 1. The molecule has 2 rings (SSSR count). The molecule has 0 fully saturated rings. The van der Waals surface area contributed by atoms with Gasteiger partial charge in [0.2, 0.25) is 0 Å². The highest BCUT2D eigenvalue weighted by Crippen LogP contribution is 2.30. The molecule has 0 aliphatic heterocycles. The van der Waals surface area contributed by atoms with Crippen LogP contribution in [0.1, 0.15) is 24.8 Å². The predicted molar refractivity (Wildman–Crippen MR) is 66.6 cm³/mol. The molecule has 1 aliphatic carbocycles. The van der Waals surface area contributed by atoms with Gasteiger partial charge in [-0.1, -0.05) is 23.7 Å². The highest BCUT2D eigenvalue weighted by Gasteiger charge is 2.22. The molecule has 0 saturated heterocycles. The van der Waals surface area contributed by atoms with Crippen LogP contribution in [-0.2, 0) is 9.53 Å². The lowest BCUT2D eigenvalue weighted by atomic mass is 9.87. The van der Waals surface area contributed by atoms with Gasteiger partial charge in [0.15, 0.2) is 0 Å². The Labute approximate surface area is 105 Å². The first-order valence-corrected chi connectivity index (χ1v) is 5.97. The second kappa shape index (κ2) is 5.32. The second-order valence-corrected chi connectivity index (χ2v) is 4.48. The molecule has 0 spiro atoms. The van der Waals surface area contributed by atoms with Crippen molar-refractivity contribution < 1.29 is 9.53 Å². The number of esters is 1. The van der Waals surface area contributed by atoms with Crippen LogP contribution in [-0.4, -0.2) is 18.1 Å². The van der Waals surface area contributed by atoms with E-state index in [0.29, 0.717) is 5.15 Å². The number of carbonyl (C=O) groups excluding carboxylic acids is 1. The quantitative estimate of drug-likeness (QED) is 0.599. The summed E-state index contributed by atoms with van der Waals surface area (Å²) in [7, 11) is 1.44. The van der Waals surface area contributed by atoms with Gasteiger partial charge in [-0.3, -0.25) is 4.79 Å². The number of methoxy groups -OCH3 is 1. The van der Waals surface area contributed by atoms with E-state index in [1.54, 1.807) is 12.3 Å². The van der Waals surface area contributed by atoms with Gasteiger partial charge in [-0.25, -0.2) is 4.98 Å². The van der Waals surface area contributed by atoms with E-state index in [0.717, 1.165) is 24.8 Å². The van der Waals surface area contributed by atoms with Gasteiger partial charge in [-0.2, -0.15) is 0 Å². The van der Waals surface area contributed by atoms with Crippen LogP contribution in [0, 0.1) is 5.92 Å². The number of ether oxygens (including phenoxy) is 1. The second-order valence-electron chi connectivity index (χ2n) is 4.09. The van der Waals surface area contributed by atoms with Gasteiger partial charge in [-0.05, 0) is 36.5 Å². The molecule has 0 amide bonds. The van der Waals surface area contributed by atoms with Gasteiger partial charge in [0.05, 0.1) is 13.0 Å². The summed E-state index contributed by atoms with van der Waals surface area (Å²) in [4.78, 5) is 15.4. The van der Waals surface area contributed by atoms with E-state index in [1.807, 2.05) is 6.07 Å². The van der Waals surface area contributed by atoms with Crippen molar-refractivity contribution >= 4 is 23.1 Å². The molecule has 3 nitrogen and oxygen atoms in total. The van der Waals surface area contributed by atoms with E-state index in [1.165, 1.54) is 12.7 Å². The maximum absolute atomic E-state index is 11.4. The summed E-state index contributed by atoms with van der Waals surface area (Å²) in [6.07, 6.45) is 6.32. The van der Waals surface area contributed by atoms with Crippen molar-refractivity contribution in [1.82, 2.24) is 4.98 Å². The van der Waals surface area contributed by atoms with Gasteiger partial charge in [0, 0.05) is 6.20 Å². The van der Waals surface area contributed by atoms with Crippen LogP contribution in [0.2, 0.25) is 5.15 Å². The fourth-order valence-electron chi connectivity index (χ4n) is 2.04. The summed E-state index contributed by atoms with van der Waals surface area (Å²) >= 11 is 5.74. The number of rotatable bonds is 2. The fraction of sp³-hybridized carbons (Fsp3) is 0.385. The van der Waals surface area contributed by atoms with Crippen LogP contribution in [0.4, 0.5) is 0 Å². The summed E-state index contributed by atoms with van der Waals surface area (Å²) in [6.45, 7) is 0. The molecule has 0 radical (unpaired) electrons. The van der Waals surface area contributed by atoms with Gasteiger partial charge < -0.3 is 4.74 Å². The normalized spacial score (nSPS) is 19.6. The standard InChI is InChI=1S/C13H14ClNO2/c1-17-13(16)10-4-2-9(3-5-10)11-6-7-12(14)15-8-11/h2,6-8,10H,3-5H2,1H3. The highest BCUT2D eigenvalue weighted by molar-refractivity contribution is 6.29. The third kappa shape index (κ3) is 2.86. The van der Waals surface area contributed by atoms with Gasteiger partial charge >= 0.3 is 5.97 Å². The number of hydrogen-bond acceptors (Lipinski definition) is 3. The van der Waals surface area contributed by atoms with E-state index in [9.17, 15) is 4.79 Å². The molecule has 1 heterocycles. The Balaban J connectivity index is 2.08. The molecule has 17 heavy (non-hydrogen) atoms. The number of nitrogens with zero attached hydrogens (tertiary/aromatic N) is 1. The maximum atomic E-state index is 11.4. The zero-order chi connectivity index (χ0) is 12.3. The summed E-state index contributed by atoms with van der Waals surface area (Å²) in [5.74, 6) is -0.112. The minimum Gasteiger partial charge on any atom is -0.469 e. The minimum atomic E-state index is -0.116. The molecule has 90 valence electrons. The zero-order valence-electron chi connectivity index (χ0n) is 9.65. The monoisotopic (exact) mass is 251 g/mol.